The van der Waals surface area contributed by atoms with E-state index in [0.29, 0.717) is 10.7 Å². The van der Waals surface area contributed by atoms with Gasteiger partial charge in [0.1, 0.15) is 0 Å². The minimum absolute atomic E-state index is 0.139. The van der Waals surface area contributed by atoms with E-state index in [1.54, 1.807) is 6.21 Å². The standard InChI is InChI=1S/C21H20N4OS/c1-3-14(2)22-13-16-19(15-9-5-4-6-10-15)24-25(20(16)26)21-23-17-11-7-8-12-18(17)27-21/h4-14,24H,3H2,1-2H3/t14-/m1/s1. The van der Waals surface area contributed by atoms with Gasteiger partial charge >= 0.3 is 0 Å². The predicted molar refractivity (Wildman–Crippen MR) is 112 cm³/mol. The lowest BCUT2D eigenvalue weighted by atomic mass is 10.1. The quantitative estimate of drug-likeness (QED) is 0.515. The second-order valence-electron chi connectivity index (χ2n) is 6.41. The SMILES string of the molecule is CC[C@@H](C)N=Cc1c(-c2ccccc2)[nH]n(-c2nc3ccccc3s2)c1=O. The van der Waals surface area contributed by atoms with Crippen LogP contribution in [0.2, 0.25) is 0 Å². The summed E-state index contributed by atoms with van der Waals surface area (Å²) in [6, 6.07) is 17.9. The summed E-state index contributed by atoms with van der Waals surface area (Å²) in [6.45, 7) is 4.12. The molecule has 4 aromatic rings. The number of aliphatic imine (C=N–C) groups is 1. The molecule has 0 aliphatic rings. The maximum atomic E-state index is 13.1. The van der Waals surface area contributed by atoms with Crippen LogP contribution in [0.3, 0.4) is 0 Å². The van der Waals surface area contributed by atoms with Crippen LogP contribution in [-0.4, -0.2) is 27.0 Å². The lowest BCUT2D eigenvalue weighted by Crippen LogP contribution is -2.17. The summed E-state index contributed by atoms with van der Waals surface area (Å²) in [6.07, 6.45) is 2.62. The first-order chi connectivity index (χ1) is 13.2. The zero-order valence-corrected chi connectivity index (χ0v) is 16.0. The van der Waals surface area contributed by atoms with Crippen LogP contribution in [0.5, 0.6) is 0 Å². The summed E-state index contributed by atoms with van der Waals surface area (Å²) < 4.78 is 2.57. The molecule has 0 unspecified atom stereocenters. The maximum absolute atomic E-state index is 13.1. The van der Waals surface area contributed by atoms with E-state index < -0.39 is 0 Å². The molecule has 0 saturated carbocycles. The average Bonchev–Trinajstić information content (AvgIpc) is 3.27. The van der Waals surface area contributed by atoms with Gasteiger partial charge in [0.25, 0.3) is 5.56 Å². The number of nitrogens with zero attached hydrogens (tertiary/aromatic N) is 3. The molecular formula is C21H20N4OS. The lowest BCUT2D eigenvalue weighted by Gasteiger charge is -2.01. The molecule has 5 nitrogen and oxygen atoms in total. The normalized spacial score (nSPS) is 12.8. The van der Waals surface area contributed by atoms with Gasteiger partial charge in [-0.2, -0.15) is 4.68 Å². The minimum atomic E-state index is -0.139. The fourth-order valence-corrected chi connectivity index (χ4v) is 3.72. The van der Waals surface area contributed by atoms with Gasteiger partial charge in [0.15, 0.2) is 0 Å². The van der Waals surface area contributed by atoms with Crippen molar-refractivity contribution in [3.63, 3.8) is 0 Å². The minimum Gasteiger partial charge on any atom is -0.289 e. The number of para-hydroxylation sites is 1. The van der Waals surface area contributed by atoms with Crippen molar-refractivity contribution < 1.29 is 0 Å². The first-order valence-corrected chi connectivity index (χ1v) is 9.78. The zero-order valence-electron chi connectivity index (χ0n) is 15.2. The topological polar surface area (TPSA) is 63.0 Å². The molecule has 1 N–H and O–H groups in total. The molecule has 0 saturated heterocycles. The monoisotopic (exact) mass is 376 g/mol. The number of H-pyrrole nitrogens is 1. The molecule has 0 fully saturated rings. The fraction of sp³-hybridized carbons (Fsp3) is 0.190. The number of hydrogen-bond acceptors (Lipinski definition) is 4. The molecule has 2 heterocycles. The number of aromatic nitrogens is 3. The number of fused-ring (bicyclic) bond motifs is 1. The highest BCUT2D eigenvalue weighted by molar-refractivity contribution is 7.20. The number of hydrogen-bond donors (Lipinski definition) is 1. The third kappa shape index (κ3) is 3.36. The highest BCUT2D eigenvalue weighted by atomic mass is 32.1. The molecule has 0 amide bonds. The van der Waals surface area contributed by atoms with E-state index in [9.17, 15) is 4.79 Å². The number of nitrogens with one attached hydrogen (secondary N) is 1. The molecule has 1 atom stereocenters. The van der Waals surface area contributed by atoms with Crippen molar-refractivity contribution >= 4 is 27.8 Å². The van der Waals surface area contributed by atoms with Gasteiger partial charge in [0.05, 0.1) is 21.5 Å². The molecule has 0 aliphatic carbocycles. The molecule has 4 rings (SSSR count). The van der Waals surface area contributed by atoms with Crippen LogP contribution in [0.25, 0.3) is 26.6 Å². The van der Waals surface area contributed by atoms with Crippen molar-refractivity contribution in [2.75, 3.05) is 0 Å². The van der Waals surface area contributed by atoms with E-state index in [1.165, 1.54) is 16.0 Å². The Kier molecular flexibility index (Phi) is 4.73. The first-order valence-electron chi connectivity index (χ1n) is 8.97. The van der Waals surface area contributed by atoms with Crippen LogP contribution >= 0.6 is 11.3 Å². The Hall–Kier alpha value is -2.99. The molecular weight excluding hydrogens is 356 g/mol. The van der Waals surface area contributed by atoms with Gasteiger partial charge in [-0.05, 0) is 25.5 Å². The van der Waals surface area contributed by atoms with Gasteiger partial charge in [-0.25, -0.2) is 4.98 Å². The van der Waals surface area contributed by atoms with Crippen molar-refractivity contribution in [2.45, 2.75) is 26.3 Å². The van der Waals surface area contributed by atoms with E-state index in [0.717, 1.165) is 27.9 Å². The van der Waals surface area contributed by atoms with Crippen molar-refractivity contribution in [2.24, 2.45) is 4.99 Å². The fourth-order valence-electron chi connectivity index (χ4n) is 2.79. The number of aromatic amines is 1. The molecule has 0 aliphatic heterocycles. The van der Waals surface area contributed by atoms with Crippen LogP contribution in [-0.2, 0) is 0 Å². The van der Waals surface area contributed by atoms with Crippen LogP contribution < -0.4 is 5.56 Å². The zero-order chi connectivity index (χ0) is 18.8. The van der Waals surface area contributed by atoms with Gasteiger partial charge < -0.3 is 0 Å². The van der Waals surface area contributed by atoms with Crippen LogP contribution in [0, 0.1) is 0 Å². The van der Waals surface area contributed by atoms with E-state index in [4.69, 9.17) is 0 Å². The van der Waals surface area contributed by atoms with Gasteiger partial charge in [-0.15, -0.1) is 0 Å². The van der Waals surface area contributed by atoms with E-state index in [-0.39, 0.29) is 11.6 Å². The van der Waals surface area contributed by atoms with Crippen LogP contribution in [0.15, 0.2) is 64.4 Å². The molecule has 6 heteroatoms. The smallest absolute Gasteiger partial charge is 0.282 e. The maximum Gasteiger partial charge on any atom is 0.282 e. The van der Waals surface area contributed by atoms with Crippen molar-refractivity contribution in [3.8, 4) is 16.4 Å². The predicted octanol–water partition coefficient (Wildman–Crippen LogP) is 4.66. The van der Waals surface area contributed by atoms with Gasteiger partial charge in [0, 0.05) is 17.8 Å². The van der Waals surface area contributed by atoms with Gasteiger partial charge in [-0.1, -0.05) is 60.7 Å². The van der Waals surface area contributed by atoms with Crippen molar-refractivity contribution in [3.05, 3.63) is 70.5 Å². The van der Waals surface area contributed by atoms with Gasteiger partial charge in [-0.3, -0.25) is 14.9 Å². The summed E-state index contributed by atoms with van der Waals surface area (Å²) in [7, 11) is 0. The summed E-state index contributed by atoms with van der Waals surface area (Å²) in [5.41, 5.74) is 3.00. The van der Waals surface area contributed by atoms with E-state index >= 15 is 0 Å². The molecule has 0 radical (unpaired) electrons. The number of benzene rings is 2. The lowest BCUT2D eigenvalue weighted by molar-refractivity contribution is 0.720. The summed E-state index contributed by atoms with van der Waals surface area (Å²) in [5, 5.41) is 3.87. The highest BCUT2D eigenvalue weighted by Crippen LogP contribution is 2.25. The van der Waals surface area contributed by atoms with E-state index in [2.05, 4.69) is 22.0 Å². The van der Waals surface area contributed by atoms with Crippen LogP contribution in [0.4, 0.5) is 0 Å². The molecule has 136 valence electrons. The van der Waals surface area contributed by atoms with E-state index in [1.807, 2.05) is 61.5 Å². The summed E-state index contributed by atoms with van der Waals surface area (Å²) >= 11 is 1.49. The highest BCUT2D eigenvalue weighted by Gasteiger charge is 2.17. The Balaban J connectivity index is 1.89. The molecule has 0 bridgehead atoms. The molecule has 0 spiro atoms. The Morgan fingerprint density at radius 1 is 1.19 bits per heavy atom. The third-order valence-electron chi connectivity index (χ3n) is 4.51. The first kappa shape index (κ1) is 17.4. The molecule has 2 aromatic carbocycles. The van der Waals surface area contributed by atoms with Crippen molar-refractivity contribution in [1.82, 2.24) is 14.8 Å². The van der Waals surface area contributed by atoms with Gasteiger partial charge in [0.2, 0.25) is 5.13 Å². The number of thiazole rings is 1. The second-order valence-corrected chi connectivity index (χ2v) is 7.42. The average molecular weight is 376 g/mol. The Morgan fingerprint density at radius 2 is 1.93 bits per heavy atom. The van der Waals surface area contributed by atoms with Crippen LogP contribution in [0.1, 0.15) is 25.8 Å². The molecule has 2 aromatic heterocycles. The largest absolute Gasteiger partial charge is 0.289 e. The summed E-state index contributed by atoms with van der Waals surface area (Å²) in [5.74, 6) is 0. The second kappa shape index (κ2) is 7.32. The Bertz CT molecular complexity index is 1120. The third-order valence-corrected chi connectivity index (χ3v) is 5.53. The Morgan fingerprint density at radius 3 is 2.67 bits per heavy atom. The summed E-state index contributed by atoms with van der Waals surface area (Å²) in [4.78, 5) is 22.3. The molecule has 27 heavy (non-hydrogen) atoms. The van der Waals surface area contributed by atoms with Crippen molar-refractivity contribution in [1.29, 1.82) is 0 Å². The Labute approximate surface area is 161 Å². The number of rotatable bonds is 5.